The number of rotatable bonds is 5. The van der Waals surface area contributed by atoms with Crippen LogP contribution in [0.4, 0.5) is 0 Å². The van der Waals surface area contributed by atoms with Gasteiger partial charge in [0.15, 0.2) is 11.2 Å². The van der Waals surface area contributed by atoms with Gasteiger partial charge in [-0.2, -0.15) is 8.42 Å². The van der Waals surface area contributed by atoms with Crippen molar-refractivity contribution in [3.05, 3.63) is 52.7 Å². The van der Waals surface area contributed by atoms with Crippen molar-refractivity contribution in [1.29, 1.82) is 0 Å². The number of benzene rings is 2. The summed E-state index contributed by atoms with van der Waals surface area (Å²) in [5.41, 5.74) is -0.417. The molecule has 182 valence electrons. The van der Waals surface area contributed by atoms with Gasteiger partial charge in [0.2, 0.25) is 6.29 Å². The van der Waals surface area contributed by atoms with Gasteiger partial charge in [-0.05, 0) is 31.2 Å². The lowest BCUT2D eigenvalue weighted by Gasteiger charge is -2.38. The second-order valence-corrected chi connectivity index (χ2v) is 8.65. The first-order valence-corrected chi connectivity index (χ1v) is 11.2. The normalized spacial score (nSPS) is 25.3. The van der Waals surface area contributed by atoms with Gasteiger partial charge >= 0.3 is 10.4 Å². The van der Waals surface area contributed by atoms with Crippen molar-refractivity contribution in [3.8, 4) is 28.6 Å². The van der Waals surface area contributed by atoms with Crippen LogP contribution in [0.2, 0.25) is 0 Å². The molecule has 0 amide bonds. The highest BCUT2D eigenvalue weighted by molar-refractivity contribution is 7.81. The number of aromatic hydroxyl groups is 1. The molecule has 5 N–H and O–H groups in total. The van der Waals surface area contributed by atoms with Crippen molar-refractivity contribution in [1.82, 2.24) is 0 Å². The lowest BCUT2D eigenvalue weighted by atomic mass is 10.00. The molecule has 0 spiro atoms. The fourth-order valence-corrected chi connectivity index (χ4v) is 3.83. The second kappa shape index (κ2) is 8.87. The van der Waals surface area contributed by atoms with Gasteiger partial charge in [-0.15, -0.1) is 0 Å². The van der Waals surface area contributed by atoms with Crippen LogP contribution in [-0.2, 0) is 15.1 Å². The van der Waals surface area contributed by atoms with Crippen LogP contribution in [0, 0.1) is 0 Å². The minimum absolute atomic E-state index is 0.0148. The zero-order valence-corrected chi connectivity index (χ0v) is 18.2. The van der Waals surface area contributed by atoms with Gasteiger partial charge in [0.05, 0.1) is 6.10 Å². The lowest BCUT2D eigenvalue weighted by Crippen LogP contribution is -2.58. The van der Waals surface area contributed by atoms with Gasteiger partial charge in [-0.25, -0.2) is 0 Å². The molecule has 12 nitrogen and oxygen atoms in total. The molecule has 0 radical (unpaired) electrons. The molecule has 0 aliphatic carbocycles. The van der Waals surface area contributed by atoms with Crippen molar-refractivity contribution < 1.29 is 51.5 Å². The Morgan fingerprint density at radius 1 is 0.971 bits per heavy atom. The molecule has 5 atom stereocenters. The Balaban J connectivity index is 1.84. The molecule has 1 unspecified atom stereocenters. The number of phenolic OH excluding ortho intramolecular Hbond substituents is 1. The van der Waals surface area contributed by atoms with Crippen molar-refractivity contribution >= 4 is 21.4 Å². The number of hydrogen-bond acceptors (Lipinski definition) is 11. The summed E-state index contributed by atoms with van der Waals surface area (Å²) in [6.07, 6.45) is -7.28. The maximum absolute atomic E-state index is 13.0. The highest BCUT2D eigenvalue weighted by Gasteiger charge is 2.43. The van der Waals surface area contributed by atoms with Gasteiger partial charge < -0.3 is 38.5 Å². The van der Waals surface area contributed by atoms with E-state index in [0.29, 0.717) is 5.56 Å². The number of aliphatic hydroxyl groups excluding tert-OH is 3. The molecule has 3 aromatic rings. The lowest BCUT2D eigenvalue weighted by molar-refractivity contribution is -0.267. The van der Waals surface area contributed by atoms with Gasteiger partial charge in [-0.1, -0.05) is 0 Å². The van der Waals surface area contributed by atoms with Gasteiger partial charge in [-0.3, -0.25) is 9.35 Å². The highest BCUT2D eigenvalue weighted by Crippen LogP contribution is 2.35. The van der Waals surface area contributed by atoms with E-state index >= 15 is 0 Å². The van der Waals surface area contributed by atoms with Crippen molar-refractivity contribution in [2.75, 3.05) is 0 Å². The zero-order chi connectivity index (χ0) is 24.8. The van der Waals surface area contributed by atoms with Gasteiger partial charge in [0.1, 0.15) is 46.5 Å². The van der Waals surface area contributed by atoms with Crippen LogP contribution in [0.5, 0.6) is 17.2 Å². The largest absolute Gasteiger partial charge is 0.508 e. The molecule has 4 rings (SSSR count). The molecule has 1 aliphatic heterocycles. The molecule has 0 bridgehead atoms. The van der Waals surface area contributed by atoms with E-state index in [1.165, 1.54) is 31.2 Å². The molecule has 0 saturated carbocycles. The Bertz CT molecular complexity index is 1370. The standard InChI is InChI=1S/C21H20O12S/c1-9-18(24)19(25)20(26)21(30-9)32-16-7-12(33-34(27,28)29)6-15-17(16)13(23)8-14(31-15)10-2-4-11(22)5-3-10/h2-9,18-22,24-26H,1H3,(H,27,28,29)/t9-,18-,19+,20-,21?/m1/s1. The number of fused-ring (bicyclic) bond motifs is 1. The Morgan fingerprint density at radius 2 is 1.65 bits per heavy atom. The summed E-state index contributed by atoms with van der Waals surface area (Å²) in [6.45, 7) is 1.42. The van der Waals surface area contributed by atoms with Crippen LogP contribution < -0.4 is 14.3 Å². The fraction of sp³-hybridized carbons (Fsp3) is 0.286. The number of ether oxygens (including phenoxy) is 2. The summed E-state index contributed by atoms with van der Waals surface area (Å²) < 4.78 is 52.7. The Hall–Kier alpha value is -3.20. The third-order valence-electron chi connectivity index (χ3n) is 5.17. The molecule has 34 heavy (non-hydrogen) atoms. The third kappa shape index (κ3) is 4.84. The average molecular weight is 496 g/mol. The van der Waals surface area contributed by atoms with Crippen LogP contribution >= 0.6 is 0 Å². The molecule has 1 saturated heterocycles. The average Bonchev–Trinajstić information content (AvgIpc) is 2.74. The van der Waals surface area contributed by atoms with Gasteiger partial charge in [0, 0.05) is 23.8 Å². The SMILES string of the molecule is C[C@H]1OC(Oc2cc(OS(=O)(=O)O)cc3oc(-c4ccc(O)cc4)cc(=O)c23)[C@H](O)[C@@H](O)[C@@H]1O. The zero-order valence-electron chi connectivity index (χ0n) is 17.4. The summed E-state index contributed by atoms with van der Waals surface area (Å²) in [4.78, 5) is 13.0. The fourth-order valence-electron chi connectivity index (χ4n) is 3.49. The molecule has 13 heteroatoms. The smallest absolute Gasteiger partial charge is 0.446 e. The van der Waals surface area contributed by atoms with E-state index in [-0.39, 0.29) is 28.2 Å². The second-order valence-electron chi connectivity index (χ2n) is 7.63. The van der Waals surface area contributed by atoms with E-state index in [0.717, 1.165) is 18.2 Å². The maximum Gasteiger partial charge on any atom is 0.446 e. The monoisotopic (exact) mass is 496 g/mol. The van der Waals surface area contributed by atoms with Crippen molar-refractivity contribution in [2.24, 2.45) is 0 Å². The van der Waals surface area contributed by atoms with Crippen molar-refractivity contribution in [2.45, 2.75) is 37.6 Å². The summed E-state index contributed by atoms with van der Waals surface area (Å²) in [5.74, 6) is -0.788. The Morgan fingerprint density at radius 3 is 2.29 bits per heavy atom. The predicted molar refractivity (Wildman–Crippen MR) is 115 cm³/mol. The summed E-state index contributed by atoms with van der Waals surface area (Å²) in [7, 11) is -4.97. The predicted octanol–water partition coefficient (Wildman–Crippen LogP) is 0.553. The summed E-state index contributed by atoms with van der Waals surface area (Å²) in [5, 5.41) is 39.4. The minimum Gasteiger partial charge on any atom is -0.508 e. The van der Waals surface area contributed by atoms with Crippen LogP contribution in [0.25, 0.3) is 22.3 Å². The topological polar surface area (TPSA) is 193 Å². The van der Waals surface area contributed by atoms with Crippen LogP contribution in [0.3, 0.4) is 0 Å². The van der Waals surface area contributed by atoms with E-state index in [1.54, 1.807) is 0 Å². The van der Waals surface area contributed by atoms with E-state index in [4.69, 9.17) is 18.4 Å². The van der Waals surface area contributed by atoms with Gasteiger partial charge in [0.25, 0.3) is 0 Å². The summed E-state index contributed by atoms with van der Waals surface area (Å²) >= 11 is 0. The highest BCUT2D eigenvalue weighted by atomic mass is 32.3. The van der Waals surface area contributed by atoms with E-state index in [1.807, 2.05) is 0 Å². The molecule has 2 heterocycles. The Kier molecular flexibility index (Phi) is 6.24. The number of hydrogen-bond donors (Lipinski definition) is 5. The van der Waals surface area contributed by atoms with E-state index in [2.05, 4.69) is 4.18 Å². The van der Waals surface area contributed by atoms with E-state index in [9.17, 15) is 33.6 Å². The molecule has 2 aromatic carbocycles. The number of phenols is 1. The van der Waals surface area contributed by atoms with Crippen LogP contribution in [0.1, 0.15) is 6.92 Å². The van der Waals surface area contributed by atoms with E-state index < -0.39 is 52.3 Å². The molecular weight excluding hydrogens is 476 g/mol. The quantitative estimate of drug-likeness (QED) is 0.309. The first-order chi connectivity index (χ1) is 15.9. The van der Waals surface area contributed by atoms with Crippen molar-refractivity contribution in [3.63, 3.8) is 0 Å². The Labute approximate surface area is 192 Å². The first-order valence-electron chi connectivity index (χ1n) is 9.87. The molecule has 1 aromatic heterocycles. The van der Waals surface area contributed by atoms with Crippen LogP contribution in [-0.4, -0.2) is 64.1 Å². The third-order valence-corrected chi connectivity index (χ3v) is 5.58. The maximum atomic E-state index is 13.0. The molecular formula is C21H20O12S. The first kappa shape index (κ1) is 23.9. The summed E-state index contributed by atoms with van der Waals surface area (Å²) in [6, 6.07) is 8.81. The van der Waals surface area contributed by atoms with Crippen LogP contribution in [0.15, 0.2) is 51.7 Å². The number of aliphatic hydroxyl groups is 3. The molecule has 1 fully saturated rings. The minimum atomic E-state index is -4.97. The molecule has 1 aliphatic rings.